The zero-order valence-corrected chi connectivity index (χ0v) is 32.2. The molecule has 2 aromatic heterocycles. The van der Waals surface area contributed by atoms with Crippen LogP contribution in [-0.4, -0.2) is 17.2 Å². The van der Waals surface area contributed by atoms with Gasteiger partial charge in [0.1, 0.15) is 22.3 Å². The van der Waals surface area contributed by atoms with Crippen molar-refractivity contribution in [3.8, 4) is 11.1 Å². The summed E-state index contributed by atoms with van der Waals surface area (Å²) in [7, 11) is -1.45. The number of benzene rings is 8. The lowest BCUT2D eigenvalue weighted by atomic mass is 9.80. The maximum Gasteiger partial charge on any atom is 0.488 e. The minimum Gasteiger partial charge on any atom is -0.456 e. The van der Waals surface area contributed by atoms with Gasteiger partial charge in [-0.25, -0.2) is 0 Å². The van der Waals surface area contributed by atoms with Crippen LogP contribution >= 0.6 is 47.8 Å². The van der Waals surface area contributed by atoms with Gasteiger partial charge in [0.2, 0.25) is 0 Å². The molecule has 0 saturated heterocycles. The van der Waals surface area contributed by atoms with Crippen LogP contribution in [0.15, 0.2) is 180 Å². The second-order valence-electron chi connectivity index (χ2n) is 12.3. The Morgan fingerprint density at radius 2 is 0.769 bits per heavy atom. The van der Waals surface area contributed by atoms with Gasteiger partial charge in [0, 0.05) is 35.0 Å². The van der Waals surface area contributed by atoms with E-state index in [4.69, 9.17) is 18.9 Å². The van der Waals surface area contributed by atoms with Crippen LogP contribution in [0.5, 0.6) is 0 Å². The van der Waals surface area contributed by atoms with Crippen molar-refractivity contribution in [2.75, 3.05) is 0 Å². The van der Waals surface area contributed by atoms with Crippen molar-refractivity contribution in [1.82, 2.24) is 0 Å². The monoisotopic (exact) mass is 868 g/mol. The molecule has 0 radical (unpaired) electrons. The quantitative estimate of drug-likeness (QED) is 0.170. The first-order valence-corrected chi connectivity index (χ1v) is 18.9. The summed E-state index contributed by atoms with van der Waals surface area (Å²) in [4.78, 5) is 0. The maximum atomic E-state index is 9.12. The number of rotatable bonds is 2. The third-order valence-electron chi connectivity index (χ3n) is 9.08. The summed E-state index contributed by atoms with van der Waals surface area (Å²) in [5, 5.41) is 27.4. The topological polar surface area (TPSA) is 66.7 Å². The van der Waals surface area contributed by atoms with E-state index in [0.29, 0.717) is 5.46 Å². The summed E-state index contributed by atoms with van der Waals surface area (Å²) < 4.78 is 15.0. The molecule has 4 nitrogen and oxygen atoms in total. The number of hydrogen-bond donors (Lipinski definition) is 2. The van der Waals surface area contributed by atoms with Crippen molar-refractivity contribution in [3.05, 3.63) is 171 Å². The fraction of sp³-hybridized carbons (Fsp3) is 0. The average molecular weight is 871 g/mol. The van der Waals surface area contributed by atoms with Crippen molar-refractivity contribution in [2.45, 2.75) is 0 Å². The molecule has 0 spiro atoms. The standard InChI is InChI=1S/C22H13BrO.C12H9BO3.C10H6Br2/c23-20-11-10-15(16-5-1-2-6-17(16)20)14-9-12-22-19(13-14)18-7-3-4-8-21(18)24-22;14-13(15)8-5-6-12-10(7-8)9-3-1-2-4-11(9)16-12;11-9-5-6-10(12)8-4-2-1-3-7(8)9/h1-13H;1-7,14-15H;1-6H. The fourth-order valence-electron chi connectivity index (χ4n) is 6.54. The number of fused-ring (bicyclic) bond motifs is 8. The molecule has 0 aliphatic rings. The summed E-state index contributed by atoms with van der Waals surface area (Å²) in [5.41, 5.74) is 6.34. The Bertz CT molecular complexity index is 2850. The molecule has 0 bridgehead atoms. The summed E-state index contributed by atoms with van der Waals surface area (Å²) >= 11 is 10.7. The zero-order valence-electron chi connectivity index (χ0n) is 27.4. The molecule has 10 aromatic rings. The third-order valence-corrected chi connectivity index (χ3v) is 11.1. The first-order chi connectivity index (χ1) is 25.4. The van der Waals surface area contributed by atoms with Gasteiger partial charge in [-0.3, -0.25) is 0 Å². The first-order valence-electron chi connectivity index (χ1n) is 16.5. The molecule has 2 N–H and O–H groups in total. The highest BCUT2D eigenvalue weighted by Gasteiger charge is 2.14. The molecule has 2 heterocycles. The molecule has 0 saturated carbocycles. The number of hydrogen-bond acceptors (Lipinski definition) is 4. The number of halogens is 3. The van der Waals surface area contributed by atoms with Crippen molar-refractivity contribution in [3.63, 3.8) is 0 Å². The van der Waals surface area contributed by atoms with Crippen molar-refractivity contribution in [2.24, 2.45) is 0 Å². The van der Waals surface area contributed by atoms with Crippen LogP contribution in [0.4, 0.5) is 0 Å². The van der Waals surface area contributed by atoms with E-state index < -0.39 is 7.12 Å². The lowest BCUT2D eigenvalue weighted by Crippen LogP contribution is -2.29. The largest absolute Gasteiger partial charge is 0.488 e. The van der Waals surface area contributed by atoms with E-state index in [1.807, 2.05) is 60.7 Å². The van der Waals surface area contributed by atoms with Gasteiger partial charge >= 0.3 is 7.12 Å². The number of para-hydroxylation sites is 2. The summed E-state index contributed by atoms with van der Waals surface area (Å²) in [6.07, 6.45) is 0. The van der Waals surface area contributed by atoms with Crippen LogP contribution in [0.2, 0.25) is 0 Å². The van der Waals surface area contributed by atoms with Gasteiger partial charge in [-0.1, -0.05) is 157 Å². The molecular weight excluding hydrogens is 843 g/mol. The molecule has 0 fully saturated rings. The van der Waals surface area contributed by atoms with Gasteiger partial charge in [-0.15, -0.1) is 0 Å². The first kappa shape index (κ1) is 34.4. The smallest absolute Gasteiger partial charge is 0.456 e. The van der Waals surface area contributed by atoms with Gasteiger partial charge in [0.05, 0.1) is 0 Å². The molecular formula is C44H28BBr3O4. The van der Waals surface area contributed by atoms with E-state index >= 15 is 0 Å². The molecule has 252 valence electrons. The molecule has 8 aromatic carbocycles. The highest BCUT2D eigenvalue weighted by atomic mass is 79.9. The Morgan fingerprint density at radius 1 is 0.365 bits per heavy atom. The van der Waals surface area contributed by atoms with Crippen LogP contribution in [-0.2, 0) is 0 Å². The van der Waals surface area contributed by atoms with Crippen LogP contribution < -0.4 is 5.46 Å². The minimum atomic E-state index is -1.45. The second-order valence-corrected chi connectivity index (χ2v) is 14.8. The fourth-order valence-corrected chi connectivity index (χ4v) is 7.97. The summed E-state index contributed by atoms with van der Waals surface area (Å²) in [5.74, 6) is 0. The lowest BCUT2D eigenvalue weighted by molar-refractivity contribution is 0.426. The zero-order chi connectivity index (χ0) is 35.8. The predicted octanol–water partition coefficient (Wildman–Crippen LogP) is 12.8. The highest BCUT2D eigenvalue weighted by molar-refractivity contribution is 9.11. The van der Waals surface area contributed by atoms with E-state index in [9.17, 15) is 0 Å². The van der Waals surface area contributed by atoms with Gasteiger partial charge in [0.15, 0.2) is 0 Å². The Balaban J connectivity index is 0.000000120. The Morgan fingerprint density at radius 3 is 1.31 bits per heavy atom. The maximum absolute atomic E-state index is 9.12. The number of furan rings is 2. The SMILES string of the molecule is Brc1ccc(-c2ccc3oc4ccccc4c3c2)c2ccccc12.Brc1ccc(Br)c2ccccc12.OB(O)c1ccc2oc3ccccc3c2c1. The van der Waals surface area contributed by atoms with E-state index in [0.717, 1.165) is 57.3 Å². The predicted molar refractivity (Wildman–Crippen MR) is 227 cm³/mol. The van der Waals surface area contributed by atoms with Crippen LogP contribution in [0.25, 0.3) is 76.5 Å². The molecule has 0 unspecified atom stereocenters. The van der Waals surface area contributed by atoms with Gasteiger partial charge in [0.25, 0.3) is 0 Å². The molecule has 10 rings (SSSR count). The Labute approximate surface area is 324 Å². The van der Waals surface area contributed by atoms with Gasteiger partial charge < -0.3 is 18.9 Å². The molecule has 52 heavy (non-hydrogen) atoms. The van der Waals surface area contributed by atoms with Crippen LogP contribution in [0.3, 0.4) is 0 Å². The van der Waals surface area contributed by atoms with Crippen LogP contribution in [0.1, 0.15) is 0 Å². The second kappa shape index (κ2) is 14.7. The molecule has 0 atom stereocenters. The average Bonchev–Trinajstić information content (AvgIpc) is 3.75. The van der Waals surface area contributed by atoms with Gasteiger partial charge in [-0.05, 0) is 86.7 Å². The van der Waals surface area contributed by atoms with Gasteiger partial charge in [-0.2, -0.15) is 0 Å². The van der Waals surface area contributed by atoms with E-state index in [2.05, 4.69) is 127 Å². The lowest BCUT2D eigenvalue weighted by Gasteiger charge is -2.08. The molecule has 0 aliphatic carbocycles. The molecule has 0 aliphatic heterocycles. The third kappa shape index (κ3) is 6.69. The molecule has 8 heteroatoms. The van der Waals surface area contributed by atoms with E-state index in [-0.39, 0.29) is 0 Å². The summed E-state index contributed by atoms with van der Waals surface area (Å²) in [6.45, 7) is 0. The van der Waals surface area contributed by atoms with E-state index in [1.54, 1.807) is 18.2 Å². The van der Waals surface area contributed by atoms with Crippen LogP contribution in [0, 0.1) is 0 Å². The Kier molecular flexibility index (Phi) is 9.75. The molecule has 0 amide bonds. The van der Waals surface area contributed by atoms with E-state index in [1.165, 1.54) is 32.7 Å². The van der Waals surface area contributed by atoms with Crippen molar-refractivity contribution >= 4 is 126 Å². The van der Waals surface area contributed by atoms with Crippen molar-refractivity contribution in [1.29, 1.82) is 0 Å². The summed E-state index contributed by atoms with van der Waals surface area (Å²) in [6, 6.07) is 52.6. The minimum absolute atomic E-state index is 0.471. The normalized spacial score (nSPS) is 11.2. The highest BCUT2D eigenvalue weighted by Crippen LogP contribution is 2.37. The van der Waals surface area contributed by atoms with Crippen molar-refractivity contribution < 1.29 is 18.9 Å². The Hall–Kier alpha value is -4.70.